The van der Waals surface area contributed by atoms with Crippen molar-refractivity contribution in [3.8, 4) is 5.75 Å². The molecule has 0 saturated heterocycles. The van der Waals surface area contributed by atoms with E-state index in [1.54, 1.807) is 7.11 Å². The fraction of sp³-hybridized carbons (Fsp3) is 0.500. The molecule has 0 aromatic heterocycles. The van der Waals surface area contributed by atoms with E-state index in [0.717, 1.165) is 28.0 Å². The molecule has 0 radical (unpaired) electrons. The number of carbonyl (C=O) groups is 1. The molecular formula is C14H20O4. The van der Waals surface area contributed by atoms with E-state index >= 15 is 0 Å². The lowest BCUT2D eigenvalue weighted by molar-refractivity contribution is -0.138. The Morgan fingerprint density at radius 3 is 2.50 bits per heavy atom. The Morgan fingerprint density at radius 1 is 1.28 bits per heavy atom. The van der Waals surface area contributed by atoms with Crippen molar-refractivity contribution in [2.45, 2.75) is 33.8 Å². The van der Waals surface area contributed by atoms with Crippen LogP contribution in [0.4, 0.5) is 0 Å². The summed E-state index contributed by atoms with van der Waals surface area (Å²) in [5.74, 6) is 0.0654. The van der Waals surface area contributed by atoms with E-state index in [9.17, 15) is 4.79 Å². The molecule has 100 valence electrons. The Bertz CT molecular complexity index is 438. The van der Waals surface area contributed by atoms with E-state index in [1.165, 1.54) is 0 Å². The highest BCUT2D eigenvalue weighted by atomic mass is 16.5. The summed E-state index contributed by atoms with van der Waals surface area (Å²) < 4.78 is 10.7. The van der Waals surface area contributed by atoms with Crippen LogP contribution in [0, 0.1) is 20.8 Å². The van der Waals surface area contributed by atoms with Gasteiger partial charge >= 0.3 is 5.97 Å². The maximum Gasteiger partial charge on any atom is 0.305 e. The van der Waals surface area contributed by atoms with Crippen LogP contribution >= 0.6 is 0 Å². The molecule has 0 amide bonds. The fourth-order valence-electron chi connectivity index (χ4n) is 1.95. The van der Waals surface area contributed by atoms with Crippen molar-refractivity contribution in [3.63, 3.8) is 0 Å². The number of hydrogen-bond acceptors (Lipinski definition) is 3. The first-order chi connectivity index (χ1) is 8.47. The molecule has 1 aromatic carbocycles. The van der Waals surface area contributed by atoms with Crippen molar-refractivity contribution in [1.29, 1.82) is 0 Å². The van der Waals surface area contributed by atoms with Gasteiger partial charge in [0.25, 0.3) is 0 Å². The summed E-state index contributed by atoms with van der Waals surface area (Å²) in [5.41, 5.74) is 4.38. The summed E-state index contributed by atoms with van der Waals surface area (Å²) in [7, 11) is 1.66. The third-order valence-electron chi connectivity index (χ3n) is 3.06. The Balaban J connectivity index is 2.75. The van der Waals surface area contributed by atoms with Crippen molar-refractivity contribution < 1.29 is 19.4 Å². The zero-order valence-corrected chi connectivity index (χ0v) is 11.4. The molecule has 0 saturated carbocycles. The van der Waals surface area contributed by atoms with Gasteiger partial charge in [0.15, 0.2) is 0 Å². The number of aryl methyl sites for hydroxylation is 1. The van der Waals surface area contributed by atoms with Gasteiger partial charge in [0.1, 0.15) is 5.75 Å². The SMILES string of the molecule is COc1c(C)cc(COCCC(=O)O)c(C)c1C. The average Bonchev–Trinajstić information content (AvgIpc) is 2.31. The minimum atomic E-state index is -0.839. The second-order valence-electron chi connectivity index (χ2n) is 4.33. The van der Waals surface area contributed by atoms with Crippen LogP contribution < -0.4 is 4.74 Å². The van der Waals surface area contributed by atoms with Gasteiger partial charge in [0.05, 0.1) is 26.7 Å². The van der Waals surface area contributed by atoms with E-state index in [1.807, 2.05) is 26.8 Å². The first kappa shape index (κ1) is 14.5. The molecule has 0 heterocycles. The molecule has 0 aliphatic carbocycles. The molecule has 1 N–H and O–H groups in total. The monoisotopic (exact) mass is 252 g/mol. The number of benzene rings is 1. The molecule has 0 unspecified atom stereocenters. The third kappa shape index (κ3) is 3.47. The van der Waals surface area contributed by atoms with E-state index < -0.39 is 5.97 Å². The highest BCUT2D eigenvalue weighted by molar-refractivity contribution is 5.66. The maximum absolute atomic E-state index is 10.4. The van der Waals surface area contributed by atoms with Crippen LogP contribution in [0.25, 0.3) is 0 Å². The van der Waals surface area contributed by atoms with Gasteiger partial charge in [0.2, 0.25) is 0 Å². The highest BCUT2D eigenvalue weighted by Gasteiger charge is 2.10. The first-order valence-corrected chi connectivity index (χ1v) is 5.90. The van der Waals surface area contributed by atoms with Gasteiger partial charge in [-0.25, -0.2) is 0 Å². The molecule has 0 aliphatic rings. The Kier molecular flexibility index (Phi) is 5.16. The summed E-state index contributed by atoms with van der Waals surface area (Å²) in [6.07, 6.45) is 0.0349. The minimum Gasteiger partial charge on any atom is -0.496 e. The van der Waals surface area contributed by atoms with Crippen LogP contribution in [-0.4, -0.2) is 24.8 Å². The number of aliphatic carboxylic acids is 1. The molecular weight excluding hydrogens is 232 g/mol. The van der Waals surface area contributed by atoms with Crippen LogP contribution in [0.15, 0.2) is 6.07 Å². The molecule has 4 nitrogen and oxygen atoms in total. The molecule has 1 aromatic rings. The second-order valence-corrected chi connectivity index (χ2v) is 4.33. The van der Waals surface area contributed by atoms with Gasteiger partial charge in [-0.2, -0.15) is 0 Å². The summed E-state index contributed by atoms with van der Waals surface area (Å²) in [6.45, 7) is 6.70. The Labute approximate surface area is 108 Å². The predicted octanol–water partition coefficient (Wildman–Crippen LogP) is 2.61. The topological polar surface area (TPSA) is 55.8 Å². The lowest BCUT2D eigenvalue weighted by atomic mass is 9.99. The van der Waals surface area contributed by atoms with Gasteiger partial charge in [-0.1, -0.05) is 0 Å². The average molecular weight is 252 g/mol. The summed E-state index contributed by atoms with van der Waals surface area (Å²) >= 11 is 0. The standard InChI is InChI=1S/C14H20O4/c1-9-7-12(8-18-6-5-13(15)16)10(2)11(3)14(9)17-4/h7H,5-6,8H2,1-4H3,(H,15,16). The minimum absolute atomic E-state index is 0.0349. The Morgan fingerprint density at radius 2 is 1.94 bits per heavy atom. The summed E-state index contributed by atoms with van der Waals surface area (Å²) in [4.78, 5) is 10.4. The van der Waals surface area contributed by atoms with Crippen molar-refractivity contribution in [2.75, 3.05) is 13.7 Å². The molecule has 4 heteroatoms. The molecule has 0 bridgehead atoms. The smallest absolute Gasteiger partial charge is 0.305 e. The molecule has 0 atom stereocenters. The summed E-state index contributed by atoms with van der Waals surface area (Å²) in [6, 6.07) is 2.03. The predicted molar refractivity (Wildman–Crippen MR) is 69.1 cm³/mol. The van der Waals surface area contributed by atoms with Crippen LogP contribution in [0.2, 0.25) is 0 Å². The van der Waals surface area contributed by atoms with Gasteiger partial charge in [-0.05, 0) is 49.1 Å². The molecule has 0 aliphatic heterocycles. The van der Waals surface area contributed by atoms with E-state index in [0.29, 0.717) is 6.61 Å². The molecule has 0 spiro atoms. The lowest BCUT2D eigenvalue weighted by Gasteiger charge is -2.15. The van der Waals surface area contributed by atoms with Gasteiger partial charge < -0.3 is 14.6 Å². The van der Waals surface area contributed by atoms with Gasteiger partial charge in [-0.15, -0.1) is 0 Å². The van der Waals surface area contributed by atoms with Crippen LogP contribution in [-0.2, 0) is 16.1 Å². The number of ether oxygens (including phenoxy) is 2. The zero-order chi connectivity index (χ0) is 13.7. The van der Waals surface area contributed by atoms with Crippen LogP contribution in [0.5, 0.6) is 5.75 Å². The van der Waals surface area contributed by atoms with Gasteiger partial charge in [0, 0.05) is 0 Å². The number of hydrogen-bond donors (Lipinski definition) is 1. The van der Waals surface area contributed by atoms with Crippen molar-refractivity contribution in [2.24, 2.45) is 0 Å². The highest BCUT2D eigenvalue weighted by Crippen LogP contribution is 2.28. The maximum atomic E-state index is 10.4. The van der Waals surface area contributed by atoms with Crippen LogP contribution in [0.3, 0.4) is 0 Å². The fourth-order valence-corrected chi connectivity index (χ4v) is 1.95. The zero-order valence-electron chi connectivity index (χ0n) is 11.4. The van der Waals surface area contributed by atoms with Crippen molar-refractivity contribution >= 4 is 5.97 Å². The van der Waals surface area contributed by atoms with Gasteiger partial charge in [-0.3, -0.25) is 4.79 Å². The number of rotatable bonds is 6. The summed E-state index contributed by atoms with van der Waals surface area (Å²) in [5, 5.41) is 8.53. The molecule has 1 rings (SSSR count). The number of methoxy groups -OCH3 is 1. The number of carboxylic acids is 1. The van der Waals surface area contributed by atoms with E-state index in [2.05, 4.69) is 0 Å². The quantitative estimate of drug-likeness (QED) is 0.791. The van der Waals surface area contributed by atoms with Crippen molar-refractivity contribution in [1.82, 2.24) is 0 Å². The van der Waals surface area contributed by atoms with Crippen molar-refractivity contribution in [3.05, 3.63) is 28.3 Å². The Hall–Kier alpha value is -1.55. The normalized spacial score (nSPS) is 10.4. The largest absolute Gasteiger partial charge is 0.496 e. The van der Waals surface area contributed by atoms with E-state index in [4.69, 9.17) is 14.6 Å². The third-order valence-corrected chi connectivity index (χ3v) is 3.06. The molecule has 0 fully saturated rings. The van der Waals surface area contributed by atoms with Crippen LogP contribution in [0.1, 0.15) is 28.7 Å². The second kappa shape index (κ2) is 6.40. The van der Waals surface area contributed by atoms with E-state index in [-0.39, 0.29) is 13.0 Å². The first-order valence-electron chi connectivity index (χ1n) is 5.90. The molecule has 18 heavy (non-hydrogen) atoms. The number of carboxylic acid groups (broad SMARTS) is 1. The lowest BCUT2D eigenvalue weighted by Crippen LogP contribution is -2.05.